The Labute approximate surface area is 201 Å². The summed E-state index contributed by atoms with van der Waals surface area (Å²) in [7, 11) is 0. The number of nitriles is 1. The molecule has 2 atom stereocenters. The lowest BCUT2D eigenvalue weighted by Gasteiger charge is -2.31. The molecule has 8 nitrogen and oxygen atoms in total. The molecular formula is C25H24N6O2S. The van der Waals surface area contributed by atoms with Gasteiger partial charge in [-0.1, -0.05) is 43.7 Å². The van der Waals surface area contributed by atoms with Crippen molar-refractivity contribution in [3.8, 4) is 17.5 Å². The fourth-order valence-electron chi connectivity index (χ4n) is 4.60. The van der Waals surface area contributed by atoms with Crippen LogP contribution in [-0.2, 0) is 4.79 Å². The zero-order chi connectivity index (χ0) is 23.5. The molecule has 0 bridgehead atoms. The number of hydrogen-bond acceptors (Lipinski definition) is 7. The number of anilines is 1. The maximum absolute atomic E-state index is 12.9. The predicted octanol–water partition coefficient (Wildman–Crippen LogP) is 5.44. The fraction of sp³-hybridized carbons (Fsp3) is 0.320. The van der Waals surface area contributed by atoms with Gasteiger partial charge in [0.25, 0.3) is 0 Å². The number of benzene rings is 1. The minimum atomic E-state index is -0.234. The van der Waals surface area contributed by atoms with E-state index >= 15 is 0 Å². The number of aromatic nitrogens is 4. The number of fused-ring (bicyclic) bond motifs is 1. The number of hydrogen-bond donors (Lipinski definition) is 1. The van der Waals surface area contributed by atoms with Gasteiger partial charge in [0.1, 0.15) is 17.3 Å². The molecular weight excluding hydrogens is 448 g/mol. The molecule has 3 heterocycles. The van der Waals surface area contributed by atoms with E-state index in [2.05, 4.69) is 32.0 Å². The van der Waals surface area contributed by atoms with E-state index in [4.69, 9.17) is 4.42 Å². The van der Waals surface area contributed by atoms with E-state index in [1.54, 1.807) is 18.5 Å². The maximum atomic E-state index is 12.9. The highest BCUT2D eigenvalue weighted by Gasteiger charge is 2.29. The standard InChI is InChI=1S/C25H24N6O2S/c1-16-7-2-4-10-19(16)31-24(17-8-6-12-27-14-17)29-30-25(31)34-15-22(32)28-23-18-9-3-5-11-20(18)33-21(23)13-26/h3,5-6,8-9,11-12,14,16,19H,2,4,7,10,15H2,1H3,(H,28,32)/t16-,19+/m0/s1. The molecule has 5 rings (SSSR count). The van der Waals surface area contributed by atoms with E-state index in [0.29, 0.717) is 27.7 Å². The lowest BCUT2D eigenvalue weighted by molar-refractivity contribution is -0.113. The van der Waals surface area contributed by atoms with Crippen molar-refractivity contribution in [2.24, 2.45) is 5.92 Å². The minimum absolute atomic E-state index is 0.0950. The first kappa shape index (κ1) is 22.2. The average Bonchev–Trinajstić information content (AvgIpc) is 3.45. The zero-order valence-electron chi connectivity index (χ0n) is 18.8. The molecule has 0 unspecified atom stereocenters. The quantitative estimate of drug-likeness (QED) is 0.372. The second-order valence-corrected chi connectivity index (χ2v) is 9.44. The van der Waals surface area contributed by atoms with Gasteiger partial charge in [0.2, 0.25) is 11.7 Å². The zero-order valence-corrected chi connectivity index (χ0v) is 19.6. The summed E-state index contributed by atoms with van der Waals surface area (Å²) in [5.41, 5.74) is 1.88. The van der Waals surface area contributed by atoms with Gasteiger partial charge in [-0.2, -0.15) is 5.26 Å². The number of thioether (sulfide) groups is 1. The highest BCUT2D eigenvalue weighted by atomic mass is 32.2. The van der Waals surface area contributed by atoms with Gasteiger partial charge >= 0.3 is 0 Å². The number of carbonyl (C=O) groups excluding carboxylic acids is 1. The second kappa shape index (κ2) is 9.69. The summed E-state index contributed by atoms with van der Waals surface area (Å²) in [4.78, 5) is 17.1. The summed E-state index contributed by atoms with van der Waals surface area (Å²) in [6, 6.07) is 13.4. The van der Waals surface area contributed by atoms with Crippen LogP contribution >= 0.6 is 11.8 Å². The fourth-order valence-corrected chi connectivity index (χ4v) is 5.39. The first-order valence-corrected chi connectivity index (χ1v) is 12.3. The topological polar surface area (TPSA) is 110 Å². The van der Waals surface area contributed by atoms with Crippen molar-refractivity contribution in [2.75, 3.05) is 11.1 Å². The molecule has 34 heavy (non-hydrogen) atoms. The molecule has 1 aliphatic carbocycles. The van der Waals surface area contributed by atoms with Gasteiger partial charge in [0.15, 0.2) is 11.0 Å². The van der Waals surface area contributed by atoms with Crippen LogP contribution < -0.4 is 5.32 Å². The summed E-state index contributed by atoms with van der Waals surface area (Å²) in [6.07, 6.45) is 8.13. The number of nitrogens with zero attached hydrogens (tertiary/aromatic N) is 5. The monoisotopic (exact) mass is 472 g/mol. The second-order valence-electron chi connectivity index (χ2n) is 8.50. The van der Waals surface area contributed by atoms with Crippen molar-refractivity contribution < 1.29 is 9.21 Å². The van der Waals surface area contributed by atoms with Crippen molar-refractivity contribution >= 4 is 34.3 Å². The molecule has 1 N–H and O–H groups in total. The van der Waals surface area contributed by atoms with E-state index in [0.717, 1.165) is 30.7 Å². The van der Waals surface area contributed by atoms with E-state index < -0.39 is 0 Å². The van der Waals surface area contributed by atoms with Gasteiger partial charge in [-0.05, 0) is 43.0 Å². The highest BCUT2D eigenvalue weighted by molar-refractivity contribution is 7.99. The molecule has 0 saturated heterocycles. The number of pyridine rings is 1. The first-order valence-electron chi connectivity index (χ1n) is 11.3. The Hall–Kier alpha value is -3.64. The van der Waals surface area contributed by atoms with Crippen LogP contribution in [0.15, 0.2) is 58.4 Å². The Kier molecular flexibility index (Phi) is 6.32. The number of carbonyl (C=O) groups is 1. The van der Waals surface area contributed by atoms with Crippen molar-refractivity contribution in [3.05, 3.63) is 54.6 Å². The molecule has 9 heteroatoms. The third-order valence-electron chi connectivity index (χ3n) is 6.28. The summed E-state index contributed by atoms with van der Waals surface area (Å²) in [5.74, 6) is 1.27. The van der Waals surface area contributed by atoms with Gasteiger partial charge < -0.3 is 9.73 Å². The Balaban J connectivity index is 1.39. The van der Waals surface area contributed by atoms with Crippen LogP contribution in [0.3, 0.4) is 0 Å². The van der Waals surface area contributed by atoms with Crippen LogP contribution in [0.25, 0.3) is 22.4 Å². The number of furan rings is 1. The third kappa shape index (κ3) is 4.29. The largest absolute Gasteiger partial charge is 0.443 e. The molecule has 3 aromatic heterocycles. The SMILES string of the molecule is C[C@H]1CCCC[C@H]1n1c(SCC(=O)Nc2c(C#N)oc3ccccc23)nnc1-c1cccnc1. The van der Waals surface area contributed by atoms with Crippen LogP contribution in [-0.4, -0.2) is 31.4 Å². The van der Waals surface area contributed by atoms with E-state index in [1.165, 1.54) is 18.2 Å². The molecule has 172 valence electrons. The van der Waals surface area contributed by atoms with Crippen molar-refractivity contribution in [3.63, 3.8) is 0 Å². The summed E-state index contributed by atoms with van der Waals surface area (Å²) >= 11 is 1.35. The van der Waals surface area contributed by atoms with Crippen molar-refractivity contribution in [1.82, 2.24) is 19.7 Å². The van der Waals surface area contributed by atoms with Crippen LogP contribution in [0.5, 0.6) is 0 Å². The van der Waals surface area contributed by atoms with Gasteiger partial charge in [0.05, 0.1) is 5.75 Å². The molecule has 0 aliphatic heterocycles. The highest BCUT2D eigenvalue weighted by Crippen LogP contribution is 2.39. The number of para-hydroxylation sites is 1. The Morgan fingerprint density at radius 1 is 1.24 bits per heavy atom. The number of amides is 1. The Bertz CT molecular complexity index is 1360. The van der Waals surface area contributed by atoms with Crippen LogP contribution in [0, 0.1) is 17.2 Å². The normalized spacial score (nSPS) is 18.0. The first-order chi connectivity index (χ1) is 16.7. The molecule has 1 saturated carbocycles. The van der Waals surface area contributed by atoms with Crippen molar-refractivity contribution in [2.45, 2.75) is 43.8 Å². The smallest absolute Gasteiger partial charge is 0.234 e. The minimum Gasteiger partial charge on any atom is -0.443 e. The maximum Gasteiger partial charge on any atom is 0.234 e. The molecule has 0 radical (unpaired) electrons. The molecule has 1 fully saturated rings. The third-order valence-corrected chi connectivity index (χ3v) is 7.22. The van der Waals surface area contributed by atoms with Gasteiger partial charge in [0, 0.05) is 29.4 Å². The van der Waals surface area contributed by atoms with E-state index in [1.807, 2.05) is 36.4 Å². The van der Waals surface area contributed by atoms with E-state index in [-0.39, 0.29) is 23.5 Å². The predicted molar refractivity (Wildman–Crippen MR) is 130 cm³/mol. The van der Waals surface area contributed by atoms with Crippen LogP contribution in [0.2, 0.25) is 0 Å². The Morgan fingerprint density at radius 3 is 2.88 bits per heavy atom. The molecule has 1 aromatic carbocycles. The van der Waals surface area contributed by atoms with E-state index in [9.17, 15) is 10.1 Å². The molecule has 4 aromatic rings. The molecule has 0 spiro atoms. The Morgan fingerprint density at radius 2 is 2.09 bits per heavy atom. The van der Waals surface area contributed by atoms with Gasteiger partial charge in [-0.15, -0.1) is 10.2 Å². The van der Waals surface area contributed by atoms with Crippen molar-refractivity contribution in [1.29, 1.82) is 5.26 Å². The lowest BCUT2D eigenvalue weighted by Crippen LogP contribution is -2.23. The van der Waals surface area contributed by atoms with Crippen LogP contribution in [0.1, 0.15) is 44.4 Å². The summed E-state index contributed by atoms with van der Waals surface area (Å²) < 4.78 is 7.75. The van der Waals surface area contributed by atoms with Crippen LogP contribution in [0.4, 0.5) is 5.69 Å². The molecule has 1 amide bonds. The van der Waals surface area contributed by atoms with Gasteiger partial charge in [-0.3, -0.25) is 14.3 Å². The number of nitrogens with one attached hydrogen (secondary N) is 1. The van der Waals surface area contributed by atoms with Gasteiger partial charge in [-0.25, -0.2) is 0 Å². The number of rotatable bonds is 6. The summed E-state index contributed by atoms with van der Waals surface area (Å²) in [5, 5.41) is 22.6. The molecule has 1 aliphatic rings. The summed E-state index contributed by atoms with van der Waals surface area (Å²) in [6.45, 7) is 2.27. The lowest BCUT2D eigenvalue weighted by atomic mass is 9.85. The average molecular weight is 473 g/mol.